The number of nitrogens with zero attached hydrogens (tertiary/aromatic N) is 2. The standard InChI is InChI=1S/C31H33ClN6O7/c1-43-25-14-21(32)11-20-13-26(45-28(20)25)31(42)38-9-3-2-7-35-30(41)24(15-22-16-33-18-36-22)37-29(40)19-5-4-6-23(12-19)44-10-8-34-27(39)17-38/h4-6,11-14,16,18,24H,2-3,7-10,15,17H2,1H3,(H,33,36)(H,34,39)(H,35,41)(H,37,40)/t24-/m0/s1. The highest BCUT2D eigenvalue weighted by atomic mass is 35.5. The predicted molar refractivity (Wildman–Crippen MR) is 164 cm³/mol. The molecule has 1 aliphatic rings. The maximum Gasteiger partial charge on any atom is 0.290 e. The number of nitrogens with one attached hydrogen (secondary N) is 4. The lowest BCUT2D eigenvalue weighted by molar-refractivity contribution is -0.123. The zero-order chi connectivity index (χ0) is 31.8. The summed E-state index contributed by atoms with van der Waals surface area (Å²) in [6.45, 7) is 0.572. The van der Waals surface area contributed by atoms with Gasteiger partial charge in [-0.05, 0) is 43.2 Å². The number of fused-ring (bicyclic) bond motifs is 3. The third-order valence-electron chi connectivity index (χ3n) is 7.14. The van der Waals surface area contributed by atoms with E-state index in [0.29, 0.717) is 51.6 Å². The molecule has 0 unspecified atom stereocenters. The Morgan fingerprint density at radius 1 is 1.11 bits per heavy atom. The van der Waals surface area contributed by atoms with E-state index in [1.165, 1.54) is 18.3 Å². The van der Waals surface area contributed by atoms with Gasteiger partial charge in [0.15, 0.2) is 17.1 Å². The molecule has 4 N–H and O–H groups in total. The van der Waals surface area contributed by atoms with Crippen LogP contribution in [-0.4, -0.2) is 84.4 Å². The van der Waals surface area contributed by atoms with Crippen LogP contribution in [0.15, 0.2) is 59.4 Å². The van der Waals surface area contributed by atoms with Gasteiger partial charge in [0.25, 0.3) is 11.8 Å². The predicted octanol–water partition coefficient (Wildman–Crippen LogP) is 2.71. The first-order valence-electron chi connectivity index (χ1n) is 14.4. The van der Waals surface area contributed by atoms with Crippen LogP contribution in [0.25, 0.3) is 11.0 Å². The molecule has 4 aromatic rings. The molecule has 0 aliphatic carbocycles. The molecule has 1 aliphatic heterocycles. The van der Waals surface area contributed by atoms with E-state index in [9.17, 15) is 19.2 Å². The highest BCUT2D eigenvalue weighted by Crippen LogP contribution is 2.32. The van der Waals surface area contributed by atoms with Gasteiger partial charge in [0.05, 0.1) is 26.5 Å². The van der Waals surface area contributed by atoms with E-state index in [4.69, 9.17) is 25.5 Å². The lowest BCUT2D eigenvalue weighted by Gasteiger charge is -2.21. The summed E-state index contributed by atoms with van der Waals surface area (Å²) in [5, 5.41) is 9.45. The van der Waals surface area contributed by atoms with Crippen LogP contribution in [0.1, 0.15) is 39.4 Å². The van der Waals surface area contributed by atoms with Crippen molar-refractivity contribution < 1.29 is 33.1 Å². The number of hydrogen-bond acceptors (Lipinski definition) is 8. The smallest absolute Gasteiger partial charge is 0.290 e. The van der Waals surface area contributed by atoms with Crippen molar-refractivity contribution in [1.82, 2.24) is 30.8 Å². The first-order chi connectivity index (χ1) is 21.8. The molecule has 45 heavy (non-hydrogen) atoms. The molecule has 2 bridgehead atoms. The fraction of sp³-hybridized carbons (Fsp3) is 0.323. The van der Waals surface area contributed by atoms with Gasteiger partial charge in [-0.15, -0.1) is 0 Å². The second-order valence-corrected chi connectivity index (χ2v) is 10.8. The third-order valence-corrected chi connectivity index (χ3v) is 7.36. The van der Waals surface area contributed by atoms with Crippen molar-refractivity contribution in [2.75, 3.05) is 39.9 Å². The second kappa shape index (κ2) is 14.6. The van der Waals surface area contributed by atoms with Crippen molar-refractivity contribution in [1.29, 1.82) is 0 Å². The number of rotatable bonds is 4. The summed E-state index contributed by atoms with van der Waals surface area (Å²) in [5.74, 6) is -0.841. The van der Waals surface area contributed by atoms with Crippen molar-refractivity contribution >= 4 is 46.2 Å². The lowest BCUT2D eigenvalue weighted by atomic mass is 10.1. The van der Waals surface area contributed by atoms with Crippen LogP contribution in [0.3, 0.4) is 0 Å². The van der Waals surface area contributed by atoms with Gasteiger partial charge in [0.2, 0.25) is 11.8 Å². The monoisotopic (exact) mass is 636 g/mol. The summed E-state index contributed by atoms with van der Waals surface area (Å²) in [5.41, 5.74) is 1.37. The zero-order valence-electron chi connectivity index (χ0n) is 24.6. The number of methoxy groups -OCH3 is 1. The number of hydrogen-bond donors (Lipinski definition) is 4. The SMILES string of the molecule is COc1cc(Cl)cc2cc(C(=O)N3CCCCNC(=O)[C@H](Cc4cnc[nH]4)NC(=O)c4cccc(c4)OCCNC(=O)C3)oc12. The largest absolute Gasteiger partial charge is 0.493 e. The topological polar surface area (TPSA) is 168 Å². The molecule has 0 spiro atoms. The average molecular weight is 637 g/mol. The van der Waals surface area contributed by atoms with Crippen LogP contribution in [0.2, 0.25) is 5.02 Å². The minimum absolute atomic E-state index is 0.0330. The summed E-state index contributed by atoms with van der Waals surface area (Å²) in [7, 11) is 1.48. The molecular weight excluding hydrogens is 604 g/mol. The Hall–Kier alpha value is -5.04. The van der Waals surface area contributed by atoms with Gasteiger partial charge in [0, 0.05) is 53.4 Å². The highest BCUT2D eigenvalue weighted by Gasteiger charge is 2.25. The molecule has 5 rings (SSSR count). The van der Waals surface area contributed by atoms with Gasteiger partial charge in [-0.3, -0.25) is 19.2 Å². The maximum atomic E-state index is 13.6. The number of ether oxygens (including phenoxy) is 2. The summed E-state index contributed by atoms with van der Waals surface area (Å²) >= 11 is 6.18. The van der Waals surface area contributed by atoms with Gasteiger partial charge >= 0.3 is 0 Å². The molecule has 4 amide bonds. The maximum absolute atomic E-state index is 13.6. The Morgan fingerprint density at radius 3 is 2.78 bits per heavy atom. The Bertz CT molecular complexity index is 1670. The fourth-order valence-corrected chi connectivity index (χ4v) is 5.11. The molecule has 0 saturated heterocycles. The number of H-pyrrole nitrogens is 1. The number of carbonyl (C=O) groups is 4. The number of aromatic nitrogens is 2. The lowest BCUT2D eigenvalue weighted by Crippen LogP contribution is -2.48. The summed E-state index contributed by atoms with van der Waals surface area (Å²) < 4.78 is 16.9. The van der Waals surface area contributed by atoms with Crippen molar-refractivity contribution in [2.24, 2.45) is 0 Å². The summed E-state index contributed by atoms with van der Waals surface area (Å²) in [6.07, 6.45) is 4.28. The molecule has 14 heteroatoms. The molecular formula is C31H33ClN6O7. The number of halogens is 1. The van der Waals surface area contributed by atoms with Gasteiger partial charge in [-0.2, -0.15) is 0 Å². The summed E-state index contributed by atoms with van der Waals surface area (Å²) in [4.78, 5) is 61.1. The Morgan fingerprint density at radius 2 is 1.98 bits per heavy atom. The average Bonchev–Trinajstić information content (AvgIpc) is 3.71. The number of carbonyl (C=O) groups excluding carboxylic acids is 4. The normalized spacial score (nSPS) is 17.2. The first-order valence-corrected chi connectivity index (χ1v) is 14.8. The molecule has 3 heterocycles. The summed E-state index contributed by atoms with van der Waals surface area (Å²) in [6, 6.07) is 10.5. The Balaban J connectivity index is 1.33. The van der Waals surface area contributed by atoms with Crippen molar-refractivity contribution in [3.8, 4) is 11.5 Å². The van der Waals surface area contributed by atoms with Crippen LogP contribution in [0, 0.1) is 0 Å². The third kappa shape index (κ3) is 8.12. The zero-order valence-corrected chi connectivity index (χ0v) is 25.3. The van der Waals surface area contributed by atoms with E-state index in [1.807, 2.05) is 0 Å². The molecule has 13 nitrogen and oxygen atoms in total. The molecule has 2 aromatic heterocycles. The molecule has 1 atom stereocenters. The number of amides is 4. The van der Waals surface area contributed by atoms with Gasteiger partial charge in [-0.25, -0.2) is 4.98 Å². The van der Waals surface area contributed by atoms with E-state index >= 15 is 0 Å². The van der Waals surface area contributed by atoms with Gasteiger partial charge in [0.1, 0.15) is 18.4 Å². The van der Waals surface area contributed by atoms with Crippen LogP contribution < -0.4 is 25.4 Å². The molecule has 0 radical (unpaired) electrons. The number of benzene rings is 2. The second-order valence-electron chi connectivity index (χ2n) is 10.4. The Kier molecular flexibility index (Phi) is 10.2. The first kappa shape index (κ1) is 31.4. The van der Waals surface area contributed by atoms with E-state index < -0.39 is 17.9 Å². The van der Waals surface area contributed by atoms with E-state index in [0.717, 1.165) is 0 Å². The number of imidazole rings is 1. The van der Waals surface area contributed by atoms with E-state index in [1.54, 1.807) is 48.7 Å². The Labute approximate surface area is 263 Å². The van der Waals surface area contributed by atoms with E-state index in [-0.39, 0.29) is 56.8 Å². The molecule has 0 saturated carbocycles. The number of aromatic amines is 1. The fourth-order valence-electron chi connectivity index (χ4n) is 4.90. The van der Waals surface area contributed by atoms with Gasteiger partial charge in [-0.1, -0.05) is 17.7 Å². The highest BCUT2D eigenvalue weighted by molar-refractivity contribution is 6.31. The van der Waals surface area contributed by atoms with Crippen molar-refractivity contribution in [3.05, 3.63) is 77.0 Å². The van der Waals surface area contributed by atoms with Gasteiger partial charge < -0.3 is 39.7 Å². The molecule has 0 fully saturated rings. The van der Waals surface area contributed by atoms with Crippen LogP contribution >= 0.6 is 11.6 Å². The number of furan rings is 1. The van der Waals surface area contributed by atoms with Crippen LogP contribution in [0.4, 0.5) is 0 Å². The van der Waals surface area contributed by atoms with Crippen LogP contribution in [0.5, 0.6) is 11.5 Å². The van der Waals surface area contributed by atoms with Crippen LogP contribution in [-0.2, 0) is 16.0 Å². The quantitative estimate of drug-likeness (QED) is 0.265. The molecule has 2 aromatic carbocycles. The van der Waals surface area contributed by atoms with Crippen molar-refractivity contribution in [3.63, 3.8) is 0 Å². The minimum Gasteiger partial charge on any atom is -0.493 e. The van der Waals surface area contributed by atoms with E-state index in [2.05, 4.69) is 25.9 Å². The van der Waals surface area contributed by atoms with Crippen molar-refractivity contribution in [2.45, 2.75) is 25.3 Å². The minimum atomic E-state index is -0.872. The molecule has 236 valence electrons.